The zero-order chi connectivity index (χ0) is 28.6. The molecule has 5 rings (SSSR count). The lowest BCUT2D eigenvalue weighted by Crippen LogP contribution is -2.28. The first kappa shape index (κ1) is 26.9. The first-order valence-corrected chi connectivity index (χ1v) is 12.6. The van der Waals surface area contributed by atoms with E-state index < -0.39 is 11.5 Å². The average molecular weight is 547 g/mol. The van der Waals surface area contributed by atoms with E-state index in [0.717, 1.165) is 16.0 Å². The molecule has 9 nitrogen and oxygen atoms in total. The molecule has 0 aliphatic carbocycles. The highest BCUT2D eigenvalue weighted by Gasteiger charge is 2.19. The van der Waals surface area contributed by atoms with Gasteiger partial charge in [-0.3, -0.25) is 9.59 Å². The number of methoxy groups -OCH3 is 2. The number of aromatic nitrogens is 2. The van der Waals surface area contributed by atoms with Crippen LogP contribution in [0, 0.1) is 0 Å². The summed E-state index contributed by atoms with van der Waals surface area (Å²) in [4.78, 5) is 26.4. The van der Waals surface area contributed by atoms with Gasteiger partial charge in [-0.05, 0) is 83.9 Å². The molecule has 0 radical (unpaired) electrons. The van der Waals surface area contributed by atoms with E-state index in [1.165, 1.54) is 12.3 Å². The van der Waals surface area contributed by atoms with Crippen molar-refractivity contribution in [3.05, 3.63) is 131 Å². The molecule has 1 amide bonds. The number of hydrogen-bond acceptors (Lipinski definition) is 7. The van der Waals surface area contributed by atoms with Crippen LogP contribution in [0.5, 0.6) is 23.0 Å². The Hall–Kier alpha value is -5.70. The highest BCUT2D eigenvalue weighted by Crippen LogP contribution is 2.25. The summed E-state index contributed by atoms with van der Waals surface area (Å²) in [6.45, 7) is 0. The molecule has 0 unspecified atom stereocenters. The predicted molar refractivity (Wildman–Crippen MR) is 156 cm³/mol. The zero-order valence-electron chi connectivity index (χ0n) is 22.4. The van der Waals surface area contributed by atoms with Crippen molar-refractivity contribution in [3.8, 4) is 39.8 Å². The van der Waals surface area contributed by atoms with Crippen molar-refractivity contribution >= 4 is 12.1 Å². The van der Waals surface area contributed by atoms with E-state index in [-0.39, 0.29) is 5.69 Å². The number of benzene rings is 4. The molecule has 41 heavy (non-hydrogen) atoms. The predicted octanol–water partition coefficient (Wildman–Crippen LogP) is 5.47. The van der Waals surface area contributed by atoms with Gasteiger partial charge in [-0.25, -0.2) is 5.43 Å². The van der Waals surface area contributed by atoms with Gasteiger partial charge in [-0.15, -0.1) is 0 Å². The van der Waals surface area contributed by atoms with Gasteiger partial charge in [0.1, 0.15) is 23.0 Å². The summed E-state index contributed by atoms with van der Waals surface area (Å²) in [5.41, 5.74) is 4.36. The number of hydrogen-bond donors (Lipinski definition) is 1. The van der Waals surface area contributed by atoms with Gasteiger partial charge < -0.3 is 14.2 Å². The SMILES string of the molecule is COc1ccc(-c2cc(=O)n(-c3ccc(OC)cc3)nc2C(=O)N/N=C/c2ccc(Oc3ccccc3)cc2)cc1. The summed E-state index contributed by atoms with van der Waals surface area (Å²) in [5, 5.41) is 8.54. The molecule has 0 saturated carbocycles. The Labute approximate surface area is 236 Å². The van der Waals surface area contributed by atoms with Crippen LogP contribution >= 0.6 is 0 Å². The van der Waals surface area contributed by atoms with E-state index >= 15 is 0 Å². The summed E-state index contributed by atoms with van der Waals surface area (Å²) in [7, 11) is 3.12. The Morgan fingerprint density at radius 2 is 1.37 bits per heavy atom. The van der Waals surface area contributed by atoms with Crippen LogP contribution in [0.2, 0.25) is 0 Å². The lowest BCUT2D eigenvalue weighted by Gasteiger charge is -2.12. The van der Waals surface area contributed by atoms with E-state index in [2.05, 4.69) is 15.6 Å². The van der Waals surface area contributed by atoms with E-state index in [4.69, 9.17) is 14.2 Å². The Morgan fingerprint density at radius 1 is 0.780 bits per heavy atom. The maximum absolute atomic E-state index is 13.3. The van der Waals surface area contributed by atoms with Gasteiger partial charge in [-0.2, -0.15) is 14.9 Å². The molecule has 204 valence electrons. The Bertz CT molecular complexity index is 1710. The molecule has 1 N–H and O–H groups in total. The van der Waals surface area contributed by atoms with E-state index in [0.29, 0.717) is 34.1 Å². The van der Waals surface area contributed by atoms with Crippen molar-refractivity contribution in [2.24, 2.45) is 5.10 Å². The Morgan fingerprint density at radius 3 is 2.00 bits per heavy atom. The number of rotatable bonds is 9. The fourth-order valence-electron chi connectivity index (χ4n) is 3.99. The van der Waals surface area contributed by atoms with Crippen LogP contribution in [0.15, 0.2) is 119 Å². The zero-order valence-corrected chi connectivity index (χ0v) is 22.4. The maximum atomic E-state index is 13.3. The second-order valence-corrected chi connectivity index (χ2v) is 8.77. The number of hydrazone groups is 1. The lowest BCUT2D eigenvalue weighted by molar-refractivity contribution is 0.0949. The van der Waals surface area contributed by atoms with E-state index in [1.807, 2.05) is 54.6 Å². The molecule has 0 saturated heterocycles. The lowest BCUT2D eigenvalue weighted by atomic mass is 10.0. The second-order valence-electron chi connectivity index (χ2n) is 8.77. The number of carbonyl (C=O) groups is 1. The molecular weight excluding hydrogens is 520 g/mol. The minimum atomic E-state index is -0.585. The van der Waals surface area contributed by atoms with Crippen LogP contribution in [-0.2, 0) is 0 Å². The normalized spacial score (nSPS) is 10.8. The van der Waals surface area contributed by atoms with Crippen molar-refractivity contribution in [1.29, 1.82) is 0 Å². The van der Waals surface area contributed by atoms with Gasteiger partial charge in [0.05, 0.1) is 26.1 Å². The molecule has 0 bridgehead atoms. The summed E-state index contributed by atoms with van der Waals surface area (Å²) in [6.07, 6.45) is 1.51. The fraction of sp³-hybridized carbons (Fsp3) is 0.0625. The van der Waals surface area contributed by atoms with Crippen LogP contribution in [0.1, 0.15) is 16.1 Å². The maximum Gasteiger partial charge on any atom is 0.292 e. The standard InChI is InChI=1S/C32H26N4O5/c1-39-25-16-10-23(11-17-25)29-20-30(37)36(24-12-18-26(40-2)19-13-24)35-31(29)32(38)34-33-21-22-8-14-28(15-9-22)41-27-6-4-3-5-7-27/h3-21H,1-2H3,(H,34,38)/b33-21+. The topological polar surface area (TPSA) is 104 Å². The Balaban J connectivity index is 1.40. The smallest absolute Gasteiger partial charge is 0.292 e. The van der Waals surface area contributed by atoms with Crippen molar-refractivity contribution in [3.63, 3.8) is 0 Å². The van der Waals surface area contributed by atoms with Crippen LogP contribution in [0.4, 0.5) is 0 Å². The Kier molecular flexibility index (Phi) is 8.16. The summed E-state index contributed by atoms with van der Waals surface area (Å²) >= 11 is 0. The number of nitrogens with one attached hydrogen (secondary N) is 1. The van der Waals surface area contributed by atoms with E-state index in [9.17, 15) is 9.59 Å². The van der Waals surface area contributed by atoms with Crippen molar-refractivity contribution in [2.45, 2.75) is 0 Å². The number of ether oxygens (including phenoxy) is 3. The second kappa shape index (κ2) is 12.4. The van der Waals surface area contributed by atoms with Crippen molar-refractivity contribution in [1.82, 2.24) is 15.2 Å². The minimum Gasteiger partial charge on any atom is -0.497 e. The van der Waals surface area contributed by atoms with Crippen molar-refractivity contribution in [2.75, 3.05) is 14.2 Å². The molecule has 4 aromatic carbocycles. The van der Waals surface area contributed by atoms with Gasteiger partial charge >= 0.3 is 0 Å². The molecular formula is C32H26N4O5. The minimum absolute atomic E-state index is 0.0225. The molecule has 0 spiro atoms. The fourth-order valence-corrected chi connectivity index (χ4v) is 3.99. The van der Waals surface area contributed by atoms with Gasteiger partial charge in [0.25, 0.3) is 11.5 Å². The van der Waals surface area contributed by atoms with Gasteiger partial charge in [0.15, 0.2) is 5.69 Å². The molecule has 9 heteroatoms. The van der Waals surface area contributed by atoms with Crippen LogP contribution < -0.4 is 25.2 Å². The third-order valence-electron chi connectivity index (χ3n) is 6.10. The number of carbonyl (C=O) groups excluding carboxylic acids is 1. The van der Waals surface area contributed by atoms with E-state index in [1.54, 1.807) is 62.8 Å². The quantitative estimate of drug-likeness (QED) is 0.194. The number of amides is 1. The van der Waals surface area contributed by atoms with Crippen LogP contribution in [0.25, 0.3) is 16.8 Å². The molecule has 5 aromatic rings. The molecule has 0 atom stereocenters. The number of nitrogens with zero attached hydrogens (tertiary/aromatic N) is 3. The molecule has 0 fully saturated rings. The third-order valence-corrected chi connectivity index (χ3v) is 6.10. The van der Waals surface area contributed by atoms with Gasteiger partial charge in [0.2, 0.25) is 0 Å². The first-order valence-electron chi connectivity index (χ1n) is 12.6. The monoisotopic (exact) mass is 546 g/mol. The first-order chi connectivity index (χ1) is 20.0. The van der Waals surface area contributed by atoms with Crippen LogP contribution in [-0.4, -0.2) is 36.1 Å². The molecule has 0 aliphatic rings. The van der Waals surface area contributed by atoms with Gasteiger partial charge in [0, 0.05) is 11.6 Å². The third kappa shape index (κ3) is 6.48. The summed E-state index contributed by atoms with van der Waals surface area (Å²) < 4.78 is 17.4. The van der Waals surface area contributed by atoms with Crippen LogP contribution in [0.3, 0.4) is 0 Å². The average Bonchev–Trinajstić information content (AvgIpc) is 3.02. The summed E-state index contributed by atoms with van der Waals surface area (Å²) in [6, 6.07) is 31.9. The summed E-state index contributed by atoms with van der Waals surface area (Å²) in [5.74, 6) is 2.09. The highest BCUT2D eigenvalue weighted by molar-refractivity contribution is 5.99. The molecule has 0 aliphatic heterocycles. The largest absolute Gasteiger partial charge is 0.497 e. The highest BCUT2D eigenvalue weighted by atomic mass is 16.5. The molecule has 1 aromatic heterocycles. The van der Waals surface area contributed by atoms with Crippen molar-refractivity contribution < 1.29 is 19.0 Å². The number of para-hydroxylation sites is 1. The van der Waals surface area contributed by atoms with Gasteiger partial charge in [-0.1, -0.05) is 30.3 Å². The molecule has 1 heterocycles.